The van der Waals surface area contributed by atoms with Gasteiger partial charge in [-0.3, -0.25) is 4.79 Å². The van der Waals surface area contributed by atoms with Crippen molar-refractivity contribution in [3.63, 3.8) is 0 Å². The summed E-state index contributed by atoms with van der Waals surface area (Å²) in [6.45, 7) is 0.440. The summed E-state index contributed by atoms with van der Waals surface area (Å²) in [5.41, 5.74) is 1.02. The van der Waals surface area contributed by atoms with E-state index in [0.29, 0.717) is 24.2 Å². The van der Waals surface area contributed by atoms with Crippen LogP contribution in [0.15, 0.2) is 22.7 Å². The number of halogens is 1. The van der Waals surface area contributed by atoms with E-state index in [1.165, 1.54) is 7.11 Å². The van der Waals surface area contributed by atoms with Crippen molar-refractivity contribution in [2.24, 2.45) is 5.92 Å². The van der Waals surface area contributed by atoms with Gasteiger partial charge in [-0.15, -0.1) is 0 Å². The lowest BCUT2D eigenvalue weighted by atomic mass is 10.1. The van der Waals surface area contributed by atoms with Crippen LogP contribution in [0.1, 0.15) is 16.8 Å². The standard InChI is InChI=1S/C13H14BrNO4/c1-19-13(18)9-2-3-10(14)11(5-9)15-6-8(7-16)4-12(15)17/h2-3,5,8,16H,4,6-7H2,1H3. The fourth-order valence-electron chi connectivity index (χ4n) is 2.10. The monoisotopic (exact) mass is 327 g/mol. The smallest absolute Gasteiger partial charge is 0.337 e. The van der Waals surface area contributed by atoms with Gasteiger partial charge in [0, 0.05) is 30.0 Å². The molecule has 0 aromatic heterocycles. The molecule has 1 aromatic carbocycles. The molecule has 1 unspecified atom stereocenters. The molecular weight excluding hydrogens is 314 g/mol. The second-order valence-corrected chi connectivity index (χ2v) is 5.27. The maximum Gasteiger partial charge on any atom is 0.337 e. The molecule has 0 saturated carbocycles. The lowest BCUT2D eigenvalue weighted by Gasteiger charge is -2.18. The van der Waals surface area contributed by atoms with Gasteiger partial charge in [0.1, 0.15) is 0 Å². The number of aliphatic hydroxyl groups is 1. The van der Waals surface area contributed by atoms with Crippen molar-refractivity contribution in [2.45, 2.75) is 6.42 Å². The van der Waals surface area contributed by atoms with Gasteiger partial charge in [-0.2, -0.15) is 0 Å². The highest BCUT2D eigenvalue weighted by Crippen LogP contribution is 2.32. The van der Waals surface area contributed by atoms with E-state index in [1.54, 1.807) is 23.1 Å². The molecule has 1 fully saturated rings. The third-order valence-electron chi connectivity index (χ3n) is 3.12. The predicted molar refractivity (Wildman–Crippen MR) is 73.0 cm³/mol. The zero-order valence-electron chi connectivity index (χ0n) is 10.4. The van der Waals surface area contributed by atoms with E-state index in [1.807, 2.05) is 0 Å². The van der Waals surface area contributed by atoms with Crippen molar-refractivity contribution < 1.29 is 19.4 Å². The summed E-state index contributed by atoms with van der Waals surface area (Å²) in [7, 11) is 1.31. The summed E-state index contributed by atoms with van der Waals surface area (Å²) >= 11 is 3.37. The van der Waals surface area contributed by atoms with Crippen molar-refractivity contribution in [1.82, 2.24) is 0 Å². The number of rotatable bonds is 3. The number of amides is 1. The van der Waals surface area contributed by atoms with Gasteiger partial charge >= 0.3 is 5.97 Å². The van der Waals surface area contributed by atoms with E-state index in [2.05, 4.69) is 20.7 Å². The van der Waals surface area contributed by atoms with Gasteiger partial charge < -0.3 is 14.7 Å². The van der Waals surface area contributed by atoms with Crippen molar-refractivity contribution in [3.05, 3.63) is 28.2 Å². The number of hydrogen-bond donors (Lipinski definition) is 1. The predicted octanol–water partition coefficient (Wildman–Crippen LogP) is 1.58. The normalized spacial score (nSPS) is 18.8. The van der Waals surface area contributed by atoms with Gasteiger partial charge in [0.25, 0.3) is 0 Å². The molecule has 19 heavy (non-hydrogen) atoms. The molecule has 0 spiro atoms. The molecule has 1 heterocycles. The van der Waals surface area contributed by atoms with Crippen LogP contribution in [-0.4, -0.2) is 37.2 Å². The number of methoxy groups -OCH3 is 1. The number of anilines is 1. The van der Waals surface area contributed by atoms with Crippen LogP contribution in [0.3, 0.4) is 0 Å². The zero-order valence-corrected chi connectivity index (χ0v) is 12.0. The molecule has 1 amide bonds. The van der Waals surface area contributed by atoms with Gasteiger partial charge in [0.05, 0.1) is 18.4 Å². The second-order valence-electron chi connectivity index (χ2n) is 4.41. The van der Waals surface area contributed by atoms with Crippen LogP contribution < -0.4 is 4.90 Å². The quantitative estimate of drug-likeness (QED) is 0.856. The minimum Gasteiger partial charge on any atom is -0.465 e. The number of hydrogen-bond acceptors (Lipinski definition) is 4. The van der Waals surface area contributed by atoms with Crippen molar-refractivity contribution >= 4 is 33.5 Å². The highest BCUT2D eigenvalue weighted by molar-refractivity contribution is 9.10. The number of ether oxygens (including phenoxy) is 1. The first kappa shape index (κ1) is 14.0. The van der Waals surface area contributed by atoms with Crippen LogP contribution in [0, 0.1) is 5.92 Å². The molecule has 6 heteroatoms. The molecule has 0 radical (unpaired) electrons. The first-order valence-corrected chi connectivity index (χ1v) is 6.65. The van der Waals surface area contributed by atoms with Gasteiger partial charge in [0.2, 0.25) is 5.91 Å². The summed E-state index contributed by atoms with van der Waals surface area (Å²) < 4.78 is 5.39. The topological polar surface area (TPSA) is 66.8 Å². The molecule has 1 aromatic rings. The van der Waals surface area contributed by atoms with Crippen molar-refractivity contribution in [2.75, 3.05) is 25.2 Å². The largest absolute Gasteiger partial charge is 0.465 e. The van der Waals surface area contributed by atoms with Crippen LogP contribution >= 0.6 is 15.9 Å². The van der Waals surface area contributed by atoms with Crippen LogP contribution in [0.4, 0.5) is 5.69 Å². The minimum absolute atomic E-state index is 0.0173. The van der Waals surface area contributed by atoms with E-state index >= 15 is 0 Å². The minimum atomic E-state index is -0.445. The van der Waals surface area contributed by atoms with E-state index in [4.69, 9.17) is 5.11 Å². The van der Waals surface area contributed by atoms with Crippen molar-refractivity contribution in [1.29, 1.82) is 0 Å². The Bertz CT molecular complexity index is 517. The Morgan fingerprint density at radius 2 is 2.32 bits per heavy atom. The average Bonchev–Trinajstić information content (AvgIpc) is 2.79. The van der Waals surface area contributed by atoms with Gasteiger partial charge in [-0.05, 0) is 34.1 Å². The Morgan fingerprint density at radius 3 is 2.89 bits per heavy atom. The first-order chi connectivity index (χ1) is 9.06. The number of carbonyl (C=O) groups excluding carboxylic acids is 2. The third kappa shape index (κ3) is 2.79. The molecule has 0 aliphatic carbocycles. The van der Waals surface area contributed by atoms with E-state index < -0.39 is 5.97 Å². The summed E-state index contributed by atoms with van der Waals surface area (Å²) in [5, 5.41) is 9.13. The Kier molecular flexibility index (Phi) is 4.21. The molecule has 5 nitrogen and oxygen atoms in total. The van der Waals surface area contributed by atoms with Gasteiger partial charge in [-0.25, -0.2) is 4.79 Å². The van der Waals surface area contributed by atoms with Crippen LogP contribution in [-0.2, 0) is 9.53 Å². The number of carbonyl (C=O) groups is 2. The first-order valence-electron chi connectivity index (χ1n) is 5.86. The highest BCUT2D eigenvalue weighted by Gasteiger charge is 2.31. The highest BCUT2D eigenvalue weighted by atomic mass is 79.9. The Hall–Kier alpha value is -1.40. The molecule has 102 valence electrons. The molecule has 2 rings (SSSR count). The molecular formula is C13H14BrNO4. The van der Waals surface area contributed by atoms with E-state index in [9.17, 15) is 9.59 Å². The lowest BCUT2D eigenvalue weighted by Crippen LogP contribution is -2.25. The molecule has 1 aliphatic rings. The number of benzene rings is 1. The Balaban J connectivity index is 2.34. The average molecular weight is 328 g/mol. The van der Waals surface area contributed by atoms with Gasteiger partial charge in [-0.1, -0.05) is 0 Å². The maximum absolute atomic E-state index is 11.9. The fourth-order valence-corrected chi connectivity index (χ4v) is 2.56. The van der Waals surface area contributed by atoms with E-state index in [-0.39, 0.29) is 18.4 Å². The molecule has 1 saturated heterocycles. The van der Waals surface area contributed by atoms with Gasteiger partial charge in [0.15, 0.2) is 0 Å². The SMILES string of the molecule is COC(=O)c1ccc(Br)c(N2CC(CO)CC2=O)c1. The summed E-state index contributed by atoms with van der Waals surface area (Å²) in [6.07, 6.45) is 0.325. The summed E-state index contributed by atoms with van der Waals surface area (Å²) in [5.74, 6) is -0.554. The summed E-state index contributed by atoms with van der Waals surface area (Å²) in [6, 6.07) is 4.96. The fraction of sp³-hybridized carbons (Fsp3) is 0.385. The molecule has 0 bridgehead atoms. The third-order valence-corrected chi connectivity index (χ3v) is 3.79. The molecule has 1 N–H and O–H groups in total. The van der Waals surface area contributed by atoms with Crippen LogP contribution in [0.2, 0.25) is 0 Å². The zero-order chi connectivity index (χ0) is 14.0. The van der Waals surface area contributed by atoms with Crippen molar-refractivity contribution in [3.8, 4) is 0 Å². The number of aliphatic hydroxyl groups excluding tert-OH is 1. The molecule has 1 atom stereocenters. The summed E-state index contributed by atoms with van der Waals surface area (Å²) in [4.78, 5) is 25.0. The van der Waals surface area contributed by atoms with Crippen LogP contribution in [0.5, 0.6) is 0 Å². The number of esters is 1. The maximum atomic E-state index is 11.9. The second kappa shape index (κ2) is 5.71. The Labute approximate surface area is 119 Å². The molecule has 1 aliphatic heterocycles. The van der Waals surface area contributed by atoms with E-state index in [0.717, 1.165) is 4.47 Å². The van der Waals surface area contributed by atoms with Crippen LogP contribution in [0.25, 0.3) is 0 Å². The lowest BCUT2D eigenvalue weighted by molar-refractivity contribution is -0.117. The Morgan fingerprint density at radius 1 is 1.58 bits per heavy atom. The number of nitrogens with zero attached hydrogens (tertiary/aromatic N) is 1.